The van der Waals surface area contributed by atoms with Crippen LogP contribution in [-0.2, 0) is 12.6 Å². The predicted octanol–water partition coefficient (Wildman–Crippen LogP) is 5.60. The van der Waals surface area contributed by atoms with E-state index in [-0.39, 0.29) is 30.8 Å². The normalized spacial score (nSPS) is 12.7. The highest BCUT2D eigenvalue weighted by molar-refractivity contribution is 6.20. The number of nitrogens with two attached hydrogens (primary N) is 1. The number of alkyl halides is 4. The fourth-order valence-electron chi connectivity index (χ4n) is 2.91. The van der Waals surface area contributed by atoms with Gasteiger partial charge < -0.3 is 5.73 Å². The summed E-state index contributed by atoms with van der Waals surface area (Å²) in [6.45, 7) is 7.64. The Morgan fingerprint density at radius 1 is 1.19 bits per heavy atom. The van der Waals surface area contributed by atoms with Crippen molar-refractivity contribution in [1.82, 2.24) is 9.97 Å². The standard InChI is InChI=1S/C22H21ClF4N4/c1-14(5-6-16-4-3-9-29-21(16)22(25,26)27)10-18(11-15(2)28)20(31-13-23)17-7-8-19(24)30-12-17/h3-4,7-10,12H,1-2,5-6,11,13,28H2/b18-10-,31-20?. The molecule has 0 aromatic carbocycles. The van der Waals surface area contributed by atoms with E-state index < -0.39 is 17.8 Å². The van der Waals surface area contributed by atoms with Crippen LogP contribution in [0, 0.1) is 5.95 Å². The van der Waals surface area contributed by atoms with Crippen molar-refractivity contribution in [1.29, 1.82) is 0 Å². The molecule has 0 fully saturated rings. The summed E-state index contributed by atoms with van der Waals surface area (Å²) in [4.78, 5) is 11.3. The highest BCUT2D eigenvalue weighted by Crippen LogP contribution is 2.31. The van der Waals surface area contributed by atoms with Crippen LogP contribution in [0.4, 0.5) is 17.6 Å². The van der Waals surface area contributed by atoms with Crippen molar-refractivity contribution in [3.63, 3.8) is 0 Å². The molecule has 164 valence electrons. The van der Waals surface area contributed by atoms with Gasteiger partial charge in [0, 0.05) is 30.1 Å². The van der Waals surface area contributed by atoms with Crippen LogP contribution in [0.3, 0.4) is 0 Å². The van der Waals surface area contributed by atoms with E-state index in [1.807, 2.05) is 0 Å². The van der Waals surface area contributed by atoms with Gasteiger partial charge in [-0.1, -0.05) is 30.9 Å². The van der Waals surface area contributed by atoms with Crippen LogP contribution in [0.15, 0.2) is 77.7 Å². The number of aryl methyl sites for hydroxylation is 1. The van der Waals surface area contributed by atoms with Gasteiger partial charge in [0.25, 0.3) is 0 Å². The molecule has 0 saturated carbocycles. The number of hydrogen-bond acceptors (Lipinski definition) is 4. The second kappa shape index (κ2) is 10.9. The largest absolute Gasteiger partial charge is 0.433 e. The zero-order chi connectivity index (χ0) is 23.0. The van der Waals surface area contributed by atoms with E-state index in [4.69, 9.17) is 17.3 Å². The lowest BCUT2D eigenvalue weighted by molar-refractivity contribution is -0.141. The average molecular weight is 453 g/mol. The molecule has 0 aliphatic carbocycles. The maximum Gasteiger partial charge on any atom is 0.433 e. The molecule has 4 nitrogen and oxygen atoms in total. The van der Waals surface area contributed by atoms with Crippen molar-refractivity contribution < 1.29 is 17.6 Å². The van der Waals surface area contributed by atoms with Gasteiger partial charge in [0.2, 0.25) is 5.95 Å². The minimum absolute atomic E-state index is 0.0712. The van der Waals surface area contributed by atoms with Crippen LogP contribution in [0.5, 0.6) is 0 Å². The molecule has 31 heavy (non-hydrogen) atoms. The Bertz CT molecular complexity index is 995. The molecule has 2 aromatic rings. The lowest BCUT2D eigenvalue weighted by Crippen LogP contribution is -2.12. The molecule has 0 radical (unpaired) electrons. The molecule has 2 heterocycles. The Kier molecular flexibility index (Phi) is 8.50. The second-order valence-electron chi connectivity index (χ2n) is 6.67. The Balaban J connectivity index is 2.30. The van der Waals surface area contributed by atoms with Crippen molar-refractivity contribution in [2.45, 2.75) is 25.4 Å². The molecule has 0 saturated heterocycles. The predicted molar refractivity (Wildman–Crippen MR) is 114 cm³/mol. The maximum atomic E-state index is 13.2. The van der Waals surface area contributed by atoms with Gasteiger partial charge in [0.15, 0.2) is 0 Å². The Hall–Kier alpha value is -3.00. The molecule has 0 unspecified atom stereocenters. The molecule has 2 N–H and O–H groups in total. The fourth-order valence-corrected chi connectivity index (χ4v) is 3.03. The summed E-state index contributed by atoms with van der Waals surface area (Å²) in [6, 6.07) is 5.46. The number of hydrogen-bond donors (Lipinski definition) is 1. The van der Waals surface area contributed by atoms with Crippen LogP contribution < -0.4 is 5.73 Å². The lowest BCUT2D eigenvalue weighted by Gasteiger charge is -2.14. The Labute approximate surface area is 182 Å². The van der Waals surface area contributed by atoms with Crippen molar-refractivity contribution in [2.24, 2.45) is 10.7 Å². The summed E-state index contributed by atoms with van der Waals surface area (Å²) >= 11 is 5.80. The van der Waals surface area contributed by atoms with Gasteiger partial charge in [-0.25, -0.2) is 4.98 Å². The first-order valence-electron chi connectivity index (χ1n) is 9.17. The monoisotopic (exact) mass is 452 g/mol. The van der Waals surface area contributed by atoms with Gasteiger partial charge >= 0.3 is 6.18 Å². The van der Waals surface area contributed by atoms with Crippen molar-refractivity contribution in [2.75, 3.05) is 6.00 Å². The topological polar surface area (TPSA) is 64.2 Å². The molecule has 0 spiro atoms. The highest BCUT2D eigenvalue weighted by atomic mass is 35.5. The van der Waals surface area contributed by atoms with Crippen LogP contribution in [0.25, 0.3) is 0 Å². The first kappa shape index (κ1) is 24.3. The molecule has 0 bridgehead atoms. The molecular weight excluding hydrogens is 432 g/mol. The second-order valence-corrected chi connectivity index (χ2v) is 6.91. The molecule has 0 aliphatic rings. The first-order chi connectivity index (χ1) is 14.6. The van der Waals surface area contributed by atoms with Crippen molar-refractivity contribution in [3.8, 4) is 0 Å². The van der Waals surface area contributed by atoms with Crippen LogP contribution in [0.1, 0.15) is 29.7 Å². The number of aliphatic imine (C=N–C) groups is 1. The molecular formula is C22H21ClF4N4. The van der Waals surface area contributed by atoms with Gasteiger partial charge in [-0.15, -0.1) is 11.6 Å². The quantitative estimate of drug-likeness (QED) is 0.134. The third-order valence-corrected chi connectivity index (χ3v) is 4.31. The van der Waals surface area contributed by atoms with E-state index in [1.165, 1.54) is 30.5 Å². The van der Waals surface area contributed by atoms with E-state index in [0.29, 0.717) is 28.1 Å². The molecule has 0 amide bonds. The number of halogens is 5. The summed E-state index contributed by atoms with van der Waals surface area (Å²) in [6.07, 6.45) is 0.106. The molecule has 0 atom stereocenters. The molecule has 2 aromatic heterocycles. The molecule has 2 rings (SSSR count). The number of allylic oxidation sites excluding steroid dienone is 3. The average Bonchev–Trinajstić information content (AvgIpc) is 2.70. The summed E-state index contributed by atoms with van der Waals surface area (Å²) < 4.78 is 52.7. The smallest absolute Gasteiger partial charge is 0.402 e. The summed E-state index contributed by atoms with van der Waals surface area (Å²) in [5.41, 5.74) is 7.35. The highest BCUT2D eigenvalue weighted by Gasteiger charge is 2.34. The van der Waals surface area contributed by atoms with Crippen LogP contribution >= 0.6 is 11.6 Å². The zero-order valence-electron chi connectivity index (χ0n) is 16.6. The van der Waals surface area contributed by atoms with Gasteiger partial charge in [0.1, 0.15) is 11.7 Å². The van der Waals surface area contributed by atoms with Gasteiger partial charge in [0.05, 0.1) is 5.71 Å². The number of pyridine rings is 2. The van der Waals surface area contributed by atoms with E-state index in [0.717, 1.165) is 6.20 Å². The van der Waals surface area contributed by atoms with E-state index >= 15 is 0 Å². The third kappa shape index (κ3) is 7.32. The SMILES string of the molecule is C=C(N)C/C(=C/C(=C)CCc1cccnc1C(F)(F)F)C(=NCCl)c1ccc(F)nc1. The molecule has 0 aliphatic heterocycles. The fraction of sp³-hybridized carbons (Fsp3) is 0.227. The molecule has 9 heteroatoms. The number of nitrogens with zero attached hydrogens (tertiary/aromatic N) is 3. The van der Waals surface area contributed by atoms with Gasteiger partial charge in [-0.05, 0) is 42.2 Å². The maximum absolute atomic E-state index is 13.2. The van der Waals surface area contributed by atoms with Crippen LogP contribution in [0.2, 0.25) is 0 Å². The summed E-state index contributed by atoms with van der Waals surface area (Å²) in [5.74, 6) is -0.649. The van der Waals surface area contributed by atoms with E-state index in [1.54, 1.807) is 6.08 Å². The third-order valence-electron chi connectivity index (χ3n) is 4.19. The number of rotatable bonds is 9. The van der Waals surface area contributed by atoms with E-state index in [2.05, 4.69) is 28.1 Å². The Morgan fingerprint density at radius 3 is 2.52 bits per heavy atom. The minimum atomic E-state index is -4.54. The summed E-state index contributed by atoms with van der Waals surface area (Å²) in [5, 5.41) is 0. The summed E-state index contributed by atoms with van der Waals surface area (Å²) in [7, 11) is 0. The van der Waals surface area contributed by atoms with Crippen molar-refractivity contribution in [3.05, 3.63) is 95.5 Å². The number of aromatic nitrogens is 2. The Morgan fingerprint density at radius 2 is 1.94 bits per heavy atom. The van der Waals surface area contributed by atoms with Gasteiger partial charge in [-0.3, -0.25) is 9.98 Å². The first-order valence-corrected chi connectivity index (χ1v) is 9.70. The van der Waals surface area contributed by atoms with E-state index in [9.17, 15) is 17.6 Å². The minimum Gasteiger partial charge on any atom is -0.402 e. The zero-order valence-corrected chi connectivity index (χ0v) is 17.3. The lowest BCUT2D eigenvalue weighted by atomic mass is 9.95. The van der Waals surface area contributed by atoms with Gasteiger partial charge in [-0.2, -0.15) is 17.6 Å². The van der Waals surface area contributed by atoms with Crippen LogP contribution in [-0.4, -0.2) is 21.7 Å². The van der Waals surface area contributed by atoms with Crippen molar-refractivity contribution >= 4 is 17.3 Å².